The van der Waals surface area contributed by atoms with E-state index in [1.807, 2.05) is 0 Å². The van der Waals surface area contributed by atoms with Gasteiger partial charge in [0.2, 0.25) is 0 Å². The van der Waals surface area contributed by atoms with Crippen LogP contribution in [-0.4, -0.2) is 6.04 Å². The normalized spacial score (nSPS) is 25.1. The van der Waals surface area contributed by atoms with Gasteiger partial charge in [0.1, 0.15) is 11.5 Å². The van der Waals surface area contributed by atoms with Crippen LogP contribution in [0.15, 0.2) is 16.5 Å². The highest BCUT2D eigenvalue weighted by atomic mass is 16.3. The van der Waals surface area contributed by atoms with Gasteiger partial charge in [0.15, 0.2) is 0 Å². The van der Waals surface area contributed by atoms with Crippen LogP contribution in [-0.2, 0) is 13.0 Å². The van der Waals surface area contributed by atoms with Gasteiger partial charge in [0.05, 0.1) is 6.54 Å². The zero-order valence-electron chi connectivity index (χ0n) is 10.5. The Morgan fingerprint density at radius 3 is 2.75 bits per heavy atom. The second kappa shape index (κ2) is 5.53. The Labute approximate surface area is 98.4 Å². The summed E-state index contributed by atoms with van der Waals surface area (Å²) in [6, 6.07) is 4.89. The molecule has 0 spiro atoms. The van der Waals surface area contributed by atoms with Crippen molar-refractivity contribution in [3.05, 3.63) is 23.7 Å². The second-order valence-corrected chi connectivity index (χ2v) is 4.81. The first-order valence-electron chi connectivity index (χ1n) is 6.64. The van der Waals surface area contributed by atoms with E-state index in [-0.39, 0.29) is 0 Å². The average Bonchev–Trinajstić information content (AvgIpc) is 2.94. The zero-order chi connectivity index (χ0) is 11.4. The van der Waals surface area contributed by atoms with Crippen LogP contribution in [0.2, 0.25) is 0 Å². The fourth-order valence-electron chi connectivity index (χ4n) is 2.73. The molecule has 2 atom stereocenters. The van der Waals surface area contributed by atoms with Gasteiger partial charge in [0.25, 0.3) is 0 Å². The third-order valence-corrected chi connectivity index (χ3v) is 3.79. The minimum Gasteiger partial charge on any atom is -0.465 e. The molecule has 2 unspecified atom stereocenters. The number of rotatable bonds is 5. The van der Waals surface area contributed by atoms with Gasteiger partial charge in [-0.15, -0.1) is 0 Å². The Bertz CT molecular complexity index is 318. The summed E-state index contributed by atoms with van der Waals surface area (Å²) in [5.41, 5.74) is 0. The highest BCUT2D eigenvalue weighted by Crippen LogP contribution is 2.28. The van der Waals surface area contributed by atoms with Crippen LogP contribution >= 0.6 is 0 Å². The Morgan fingerprint density at radius 2 is 2.06 bits per heavy atom. The maximum absolute atomic E-state index is 5.70. The molecule has 1 aliphatic rings. The largest absolute Gasteiger partial charge is 0.465 e. The summed E-state index contributed by atoms with van der Waals surface area (Å²) in [7, 11) is 0. The Morgan fingerprint density at radius 1 is 1.25 bits per heavy atom. The molecule has 1 saturated carbocycles. The summed E-state index contributed by atoms with van der Waals surface area (Å²) in [4.78, 5) is 0. The highest BCUT2D eigenvalue weighted by molar-refractivity contribution is 5.07. The van der Waals surface area contributed by atoms with Crippen LogP contribution in [0.3, 0.4) is 0 Å². The summed E-state index contributed by atoms with van der Waals surface area (Å²) in [5, 5.41) is 3.64. The quantitative estimate of drug-likeness (QED) is 0.823. The van der Waals surface area contributed by atoms with Gasteiger partial charge in [-0.3, -0.25) is 0 Å². The maximum atomic E-state index is 5.70. The molecule has 0 bridgehead atoms. The molecule has 0 saturated heterocycles. The summed E-state index contributed by atoms with van der Waals surface area (Å²) >= 11 is 0. The van der Waals surface area contributed by atoms with E-state index in [9.17, 15) is 0 Å². The molecule has 90 valence electrons. The van der Waals surface area contributed by atoms with Crippen molar-refractivity contribution in [2.45, 2.75) is 58.5 Å². The Balaban J connectivity index is 1.82. The predicted molar refractivity (Wildman–Crippen MR) is 66.3 cm³/mol. The molecule has 1 N–H and O–H groups in total. The topological polar surface area (TPSA) is 25.2 Å². The Hall–Kier alpha value is -0.760. The van der Waals surface area contributed by atoms with Gasteiger partial charge in [-0.05, 0) is 30.9 Å². The highest BCUT2D eigenvalue weighted by Gasteiger charge is 2.25. The van der Waals surface area contributed by atoms with Crippen molar-refractivity contribution in [3.63, 3.8) is 0 Å². The lowest BCUT2D eigenvalue weighted by Crippen LogP contribution is -2.31. The van der Waals surface area contributed by atoms with Crippen molar-refractivity contribution in [1.29, 1.82) is 0 Å². The number of furan rings is 1. The molecule has 1 aliphatic carbocycles. The summed E-state index contributed by atoms with van der Waals surface area (Å²) in [6.07, 6.45) is 6.40. The number of hydrogen-bond acceptors (Lipinski definition) is 2. The summed E-state index contributed by atoms with van der Waals surface area (Å²) in [6.45, 7) is 5.31. The van der Waals surface area contributed by atoms with Crippen LogP contribution in [0.25, 0.3) is 0 Å². The molecule has 2 nitrogen and oxygen atoms in total. The van der Waals surface area contributed by atoms with Crippen LogP contribution in [0.1, 0.15) is 51.1 Å². The predicted octanol–water partition coefficient (Wildman–Crippen LogP) is 3.51. The lowest BCUT2D eigenvalue weighted by Gasteiger charge is -2.18. The molecule has 0 amide bonds. The molecule has 1 heterocycles. The molecular weight excluding hydrogens is 198 g/mol. The Kier molecular flexibility index (Phi) is 4.05. The van der Waals surface area contributed by atoms with E-state index in [0.717, 1.165) is 30.4 Å². The minimum absolute atomic E-state index is 0.708. The van der Waals surface area contributed by atoms with E-state index in [0.29, 0.717) is 6.04 Å². The molecule has 2 rings (SSSR count). The maximum Gasteiger partial charge on any atom is 0.117 e. The monoisotopic (exact) mass is 221 g/mol. The van der Waals surface area contributed by atoms with Gasteiger partial charge in [-0.1, -0.05) is 26.7 Å². The van der Waals surface area contributed by atoms with E-state index in [2.05, 4.69) is 31.3 Å². The van der Waals surface area contributed by atoms with Crippen LogP contribution in [0.5, 0.6) is 0 Å². The smallest absolute Gasteiger partial charge is 0.117 e. The van der Waals surface area contributed by atoms with Gasteiger partial charge in [0, 0.05) is 12.5 Å². The number of hydrogen-bond donors (Lipinski definition) is 1. The number of aryl methyl sites for hydroxylation is 1. The van der Waals surface area contributed by atoms with Gasteiger partial charge in [-0.25, -0.2) is 0 Å². The second-order valence-electron chi connectivity index (χ2n) is 4.81. The fraction of sp³-hybridized carbons (Fsp3) is 0.714. The molecular formula is C14H23NO. The number of nitrogens with one attached hydrogen (secondary N) is 1. The first kappa shape index (κ1) is 11.7. The first-order chi connectivity index (χ1) is 7.83. The lowest BCUT2D eigenvalue weighted by atomic mass is 10.0. The first-order valence-corrected chi connectivity index (χ1v) is 6.64. The molecule has 0 aliphatic heterocycles. The third-order valence-electron chi connectivity index (χ3n) is 3.79. The minimum atomic E-state index is 0.708. The van der Waals surface area contributed by atoms with Gasteiger partial charge in [-0.2, -0.15) is 0 Å². The SMILES string of the molecule is CCc1ccc(CNC2CCCC2CC)o1. The van der Waals surface area contributed by atoms with Crippen molar-refractivity contribution >= 4 is 0 Å². The van der Waals surface area contributed by atoms with Crippen molar-refractivity contribution < 1.29 is 4.42 Å². The standard InChI is InChI=1S/C14H23NO/c1-3-11-6-5-7-14(11)15-10-13-9-8-12(4-2)16-13/h8-9,11,14-15H,3-7,10H2,1-2H3. The average molecular weight is 221 g/mol. The van der Waals surface area contributed by atoms with E-state index in [1.54, 1.807) is 0 Å². The molecule has 0 radical (unpaired) electrons. The van der Waals surface area contributed by atoms with Crippen molar-refractivity contribution in [2.75, 3.05) is 0 Å². The summed E-state index contributed by atoms with van der Waals surface area (Å²) < 4.78 is 5.70. The third kappa shape index (κ3) is 2.67. The zero-order valence-corrected chi connectivity index (χ0v) is 10.5. The van der Waals surface area contributed by atoms with Crippen LogP contribution < -0.4 is 5.32 Å². The molecule has 16 heavy (non-hydrogen) atoms. The molecule has 0 aromatic carbocycles. The molecule has 2 heteroatoms. The molecule has 1 aromatic heterocycles. The van der Waals surface area contributed by atoms with Crippen LogP contribution in [0, 0.1) is 5.92 Å². The summed E-state index contributed by atoms with van der Waals surface area (Å²) in [5.74, 6) is 3.05. The van der Waals surface area contributed by atoms with E-state index in [4.69, 9.17) is 4.42 Å². The van der Waals surface area contributed by atoms with Crippen molar-refractivity contribution in [2.24, 2.45) is 5.92 Å². The molecule has 1 aromatic rings. The van der Waals surface area contributed by atoms with Crippen molar-refractivity contribution in [3.8, 4) is 0 Å². The fourth-order valence-corrected chi connectivity index (χ4v) is 2.73. The van der Waals surface area contributed by atoms with Gasteiger partial charge >= 0.3 is 0 Å². The van der Waals surface area contributed by atoms with E-state index >= 15 is 0 Å². The van der Waals surface area contributed by atoms with E-state index < -0.39 is 0 Å². The van der Waals surface area contributed by atoms with Gasteiger partial charge < -0.3 is 9.73 Å². The lowest BCUT2D eigenvalue weighted by molar-refractivity contribution is 0.365. The van der Waals surface area contributed by atoms with Crippen molar-refractivity contribution in [1.82, 2.24) is 5.32 Å². The van der Waals surface area contributed by atoms with E-state index in [1.165, 1.54) is 25.7 Å². The van der Waals surface area contributed by atoms with Crippen LogP contribution in [0.4, 0.5) is 0 Å². The molecule has 1 fully saturated rings.